The van der Waals surface area contributed by atoms with E-state index in [1.54, 1.807) is 12.1 Å². The minimum absolute atomic E-state index is 0.0653. The average molecular weight is 437 g/mol. The number of amides is 1. The maximum Gasteiger partial charge on any atom is 0.263 e. The summed E-state index contributed by atoms with van der Waals surface area (Å²) in [7, 11) is -3.92. The van der Waals surface area contributed by atoms with Crippen molar-refractivity contribution in [3.8, 4) is 0 Å². The van der Waals surface area contributed by atoms with Crippen molar-refractivity contribution in [2.75, 3.05) is 11.3 Å². The Hall–Kier alpha value is -2.05. The number of aryl methyl sites for hydroxylation is 1. The zero-order chi connectivity index (χ0) is 21.4. The fourth-order valence-electron chi connectivity index (χ4n) is 2.96. The molecule has 2 aromatic rings. The van der Waals surface area contributed by atoms with Gasteiger partial charge in [-0.1, -0.05) is 62.4 Å². The standard InChI is InChI=1S/C22H29ClN2O3S/c1-4-6-7-17(5-2)15-24-22(26)18-10-13-20(23)21(14-18)29(27,28)25-19-11-8-16(3)9-12-19/h8-14,17,25H,4-7,15H2,1-3H3,(H,24,26). The van der Waals surface area contributed by atoms with Crippen LogP contribution in [0.4, 0.5) is 5.69 Å². The second-order valence-electron chi connectivity index (χ2n) is 7.24. The highest BCUT2D eigenvalue weighted by atomic mass is 35.5. The molecule has 0 heterocycles. The molecule has 29 heavy (non-hydrogen) atoms. The Morgan fingerprint density at radius 2 is 1.79 bits per heavy atom. The van der Waals surface area contributed by atoms with E-state index < -0.39 is 10.0 Å². The maximum absolute atomic E-state index is 12.8. The van der Waals surface area contributed by atoms with Crippen LogP contribution in [-0.2, 0) is 10.0 Å². The number of sulfonamides is 1. The Kier molecular flexibility index (Phi) is 8.53. The second kappa shape index (κ2) is 10.6. The molecule has 158 valence electrons. The number of carbonyl (C=O) groups is 1. The Labute approximate surface area is 178 Å². The van der Waals surface area contributed by atoms with Crippen LogP contribution in [0.2, 0.25) is 5.02 Å². The third kappa shape index (κ3) is 6.75. The number of benzene rings is 2. The molecule has 0 saturated heterocycles. The summed E-state index contributed by atoms with van der Waals surface area (Å²) >= 11 is 6.13. The Balaban J connectivity index is 2.15. The van der Waals surface area contributed by atoms with Gasteiger partial charge in [0.1, 0.15) is 4.90 Å². The highest BCUT2D eigenvalue weighted by Gasteiger charge is 2.21. The van der Waals surface area contributed by atoms with E-state index in [1.165, 1.54) is 18.2 Å². The van der Waals surface area contributed by atoms with Gasteiger partial charge in [0.25, 0.3) is 15.9 Å². The van der Waals surface area contributed by atoms with Crippen LogP contribution in [0, 0.1) is 12.8 Å². The molecule has 1 atom stereocenters. The third-order valence-electron chi connectivity index (χ3n) is 4.88. The normalized spacial score (nSPS) is 12.4. The summed E-state index contributed by atoms with van der Waals surface area (Å²) in [6, 6.07) is 11.3. The number of carbonyl (C=O) groups excluding carboxylic acids is 1. The molecule has 0 bridgehead atoms. The van der Waals surface area contributed by atoms with Crippen molar-refractivity contribution in [3.63, 3.8) is 0 Å². The number of rotatable bonds is 10. The van der Waals surface area contributed by atoms with E-state index in [9.17, 15) is 13.2 Å². The molecule has 5 nitrogen and oxygen atoms in total. The van der Waals surface area contributed by atoms with E-state index in [-0.39, 0.29) is 21.4 Å². The Bertz CT molecular complexity index is 928. The van der Waals surface area contributed by atoms with Gasteiger partial charge in [0.05, 0.1) is 5.02 Å². The quantitative estimate of drug-likeness (QED) is 0.523. The first-order valence-electron chi connectivity index (χ1n) is 9.94. The fraction of sp³-hybridized carbons (Fsp3) is 0.409. The summed E-state index contributed by atoms with van der Waals surface area (Å²) in [5.41, 5.74) is 1.72. The largest absolute Gasteiger partial charge is 0.352 e. The van der Waals surface area contributed by atoms with Crippen LogP contribution in [0.1, 0.15) is 55.5 Å². The molecule has 0 spiro atoms. The van der Waals surface area contributed by atoms with Gasteiger partial charge in [-0.3, -0.25) is 9.52 Å². The predicted octanol–water partition coefficient (Wildman–Crippen LogP) is 5.40. The fourth-order valence-corrected chi connectivity index (χ4v) is 4.55. The van der Waals surface area contributed by atoms with E-state index in [0.717, 1.165) is 31.2 Å². The van der Waals surface area contributed by atoms with Gasteiger partial charge in [0, 0.05) is 17.8 Å². The predicted molar refractivity (Wildman–Crippen MR) is 119 cm³/mol. The third-order valence-corrected chi connectivity index (χ3v) is 6.74. The molecule has 2 rings (SSSR count). The van der Waals surface area contributed by atoms with Crippen LogP contribution in [-0.4, -0.2) is 20.9 Å². The SMILES string of the molecule is CCCCC(CC)CNC(=O)c1ccc(Cl)c(S(=O)(=O)Nc2ccc(C)cc2)c1. The molecule has 0 saturated carbocycles. The lowest BCUT2D eigenvalue weighted by atomic mass is 9.99. The summed E-state index contributed by atoms with van der Waals surface area (Å²) < 4.78 is 28.1. The first-order chi connectivity index (χ1) is 13.8. The van der Waals surface area contributed by atoms with Crippen LogP contribution in [0.3, 0.4) is 0 Å². The highest BCUT2D eigenvalue weighted by Crippen LogP contribution is 2.25. The molecule has 7 heteroatoms. The molecule has 0 aliphatic carbocycles. The van der Waals surface area contributed by atoms with Gasteiger partial charge in [0.2, 0.25) is 0 Å². The van der Waals surface area contributed by atoms with Crippen LogP contribution >= 0.6 is 11.6 Å². The van der Waals surface area contributed by atoms with Gasteiger partial charge < -0.3 is 5.32 Å². The van der Waals surface area contributed by atoms with Crippen molar-refractivity contribution in [1.29, 1.82) is 0 Å². The van der Waals surface area contributed by atoms with Gasteiger partial charge >= 0.3 is 0 Å². The van der Waals surface area contributed by atoms with Crippen LogP contribution in [0.5, 0.6) is 0 Å². The van der Waals surface area contributed by atoms with E-state index in [1.807, 2.05) is 19.1 Å². The molecular weight excluding hydrogens is 408 g/mol. The zero-order valence-corrected chi connectivity index (χ0v) is 18.7. The summed E-state index contributed by atoms with van der Waals surface area (Å²) in [5.74, 6) is 0.112. The summed E-state index contributed by atoms with van der Waals surface area (Å²) in [5, 5.41) is 2.98. The molecule has 0 aliphatic heterocycles. The molecular formula is C22H29ClN2O3S. The molecule has 1 unspecified atom stereocenters. The number of nitrogens with one attached hydrogen (secondary N) is 2. The lowest BCUT2D eigenvalue weighted by Crippen LogP contribution is -2.29. The summed E-state index contributed by atoms with van der Waals surface area (Å²) in [6.07, 6.45) is 4.30. The minimum atomic E-state index is -3.92. The first-order valence-corrected chi connectivity index (χ1v) is 11.8. The minimum Gasteiger partial charge on any atom is -0.352 e. The smallest absolute Gasteiger partial charge is 0.263 e. The van der Waals surface area contributed by atoms with Crippen molar-refractivity contribution in [1.82, 2.24) is 5.32 Å². The zero-order valence-electron chi connectivity index (χ0n) is 17.2. The van der Waals surface area contributed by atoms with E-state index >= 15 is 0 Å². The van der Waals surface area contributed by atoms with Crippen molar-refractivity contribution in [2.24, 2.45) is 5.92 Å². The Morgan fingerprint density at radius 1 is 1.10 bits per heavy atom. The van der Waals surface area contributed by atoms with E-state index in [0.29, 0.717) is 18.2 Å². The first kappa shape index (κ1) is 23.2. The molecule has 0 fully saturated rings. The summed E-state index contributed by atoms with van der Waals surface area (Å²) in [6.45, 7) is 6.74. The molecule has 0 aliphatic rings. The van der Waals surface area contributed by atoms with Gasteiger partial charge in [-0.25, -0.2) is 8.42 Å². The molecule has 2 aromatic carbocycles. The van der Waals surface area contributed by atoms with Crippen LogP contribution in [0.15, 0.2) is 47.4 Å². The number of hydrogen-bond donors (Lipinski definition) is 2. The molecule has 0 radical (unpaired) electrons. The molecule has 1 amide bonds. The average Bonchev–Trinajstić information content (AvgIpc) is 2.69. The molecule has 2 N–H and O–H groups in total. The van der Waals surface area contributed by atoms with Crippen molar-refractivity contribution in [3.05, 3.63) is 58.6 Å². The summed E-state index contributed by atoms with van der Waals surface area (Å²) in [4.78, 5) is 12.4. The van der Waals surface area contributed by atoms with E-state index in [4.69, 9.17) is 11.6 Å². The Morgan fingerprint density at radius 3 is 2.41 bits per heavy atom. The lowest BCUT2D eigenvalue weighted by Gasteiger charge is -2.16. The van der Waals surface area contributed by atoms with Crippen molar-refractivity contribution in [2.45, 2.75) is 51.3 Å². The number of unbranched alkanes of at least 4 members (excludes halogenated alkanes) is 1. The number of anilines is 1. The lowest BCUT2D eigenvalue weighted by molar-refractivity contribution is 0.0945. The van der Waals surface area contributed by atoms with Crippen molar-refractivity contribution < 1.29 is 13.2 Å². The van der Waals surface area contributed by atoms with Gasteiger partial charge in [-0.05, 0) is 49.6 Å². The second-order valence-corrected chi connectivity index (χ2v) is 9.30. The van der Waals surface area contributed by atoms with Gasteiger partial charge in [0.15, 0.2) is 0 Å². The van der Waals surface area contributed by atoms with Gasteiger partial charge in [-0.2, -0.15) is 0 Å². The van der Waals surface area contributed by atoms with Crippen molar-refractivity contribution >= 4 is 33.2 Å². The number of halogens is 1. The molecule has 0 aromatic heterocycles. The maximum atomic E-state index is 12.8. The number of hydrogen-bond acceptors (Lipinski definition) is 3. The monoisotopic (exact) mass is 436 g/mol. The highest BCUT2D eigenvalue weighted by molar-refractivity contribution is 7.92. The van der Waals surface area contributed by atoms with Crippen LogP contribution < -0.4 is 10.0 Å². The van der Waals surface area contributed by atoms with Gasteiger partial charge in [-0.15, -0.1) is 0 Å². The van der Waals surface area contributed by atoms with Crippen LogP contribution in [0.25, 0.3) is 0 Å². The topological polar surface area (TPSA) is 75.3 Å². The van der Waals surface area contributed by atoms with E-state index in [2.05, 4.69) is 23.9 Å².